The third kappa shape index (κ3) is 4.35. The molecule has 35 heavy (non-hydrogen) atoms. The molecule has 6 rings (SSSR count). The van der Waals surface area contributed by atoms with E-state index in [1.807, 2.05) is 0 Å². The quantitative estimate of drug-likeness (QED) is 0.553. The summed E-state index contributed by atoms with van der Waals surface area (Å²) in [6.07, 6.45) is 10.1. The Morgan fingerprint density at radius 3 is 2.54 bits per heavy atom. The second kappa shape index (κ2) is 9.69. The molecule has 3 aromatic rings. The summed E-state index contributed by atoms with van der Waals surface area (Å²) in [6, 6.07) is 17.7. The molecule has 3 aliphatic rings. The molecule has 2 unspecified atom stereocenters. The SMILES string of the molecule is Cn1ccc2c(N3CCN(C(C(=O)C4CCCCC4)C4CCc5ccccc5N4)CC3)cccc21. The molecule has 5 nitrogen and oxygen atoms in total. The fourth-order valence-electron chi connectivity index (χ4n) is 6.76. The zero-order valence-electron chi connectivity index (χ0n) is 21.0. The summed E-state index contributed by atoms with van der Waals surface area (Å²) in [5.41, 5.74) is 5.20. The van der Waals surface area contributed by atoms with E-state index in [1.54, 1.807) is 0 Å². The Bertz CT molecular complexity index is 1190. The van der Waals surface area contributed by atoms with Gasteiger partial charge in [0.25, 0.3) is 0 Å². The van der Waals surface area contributed by atoms with Crippen molar-refractivity contribution in [3.63, 3.8) is 0 Å². The van der Waals surface area contributed by atoms with Gasteiger partial charge >= 0.3 is 0 Å². The van der Waals surface area contributed by atoms with Crippen LogP contribution in [0.3, 0.4) is 0 Å². The van der Waals surface area contributed by atoms with Crippen LogP contribution in [0.15, 0.2) is 54.7 Å². The Balaban J connectivity index is 1.23. The molecule has 0 radical (unpaired) electrons. The first-order chi connectivity index (χ1) is 17.2. The largest absolute Gasteiger partial charge is 0.380 e. The molecule has 1 saturated heterocycles. The Morgan fingerprint density at radius 2 is 1.71 bits per heavy atom. The summed E-state index contributed by atoms with van der Waals surface area (Å²) in [5, 5.41) is 5.13. The molecule has 184 valence electrons. The molecule has 1 aliphatic carbocycles. The highest BCUT2D eigenvalue weighted by Gasteiger charge is 2.40. The minimum Gasteiger partial charge on any atom is -0.380 e. The van der Waals surface area contributed by atoms with E-state index in [0.717, 1.165) is 51.9 Å². The normalized spacial score (nSPS) is 22.5. The molecule has 2 aliphatic heterocycles. The summed E-state index contributed by atoms with van der Waals surface area (Å²) in [4.78, 5) is 19.1. The lowest BCUT2D eigenvalue weighted by Crippen LogP contribution is -2.60. The number of aromatic nitrogens is 1. The van der Waals surface area contributed by atoms with Crippen LogP contribution in [-0.2, 0) is 18.3 Å². The molecule has 3 heterocycles. The monoisotopic (exact) mass is 470 g/mol. The number of ketones is 1. The van der Waals surface area contributed by atoms with Gasteiger partial charge in [0.15, 0.2) is 5.78 Å². The summed E-state index contributed by atoms with van der Waals surface area (Å²) < 4.78 is 2.19. The van der Waals surface area contributed by atoms with Crippen LogP contribution < -0.4 is 10.2 Å². The fraction of sp³-hybridized carbons (Fsp3) is 0.500. The van der Waals surface area contributed by atoms with Crippen molar-refractivity contribution in [3.8, 4) is 0 Å². The maximum Gasteiger partial charge on any atom is 0.155 e. The maximum atomic E-state index is 14.0. The molecule has 1 saturated carbocycles. The molecule has 2 fully saturated rings. The van der Waals surface area contributed by atoms with Crippen molar-refractivity contribution in [2.24, 2.45) is 13.0 Å². The number of carbonyl (C=O) groups is 1. The lowest BCUT2D eigenvalue weighted by molar-refractivity contribution is -0.130. The third-order valence-corrected chi connectivity index (χ3v) is 8.72. The van der Waals surface area contributed by atoms with Gasteiger partial charge in [0.1, 0.15) is 0 Å². The predicted octanol–water partition coefficient (Wildman–Crippen LogP) is 5.25. The van der Waals surface area contributed by atoms with Gasteiger partial charge in [0, 0.05) is 73.7 Å². The summed E-state index contributed by atoms with van der Waals surface area (Å²) in [7, 11) is 2.11. The number of para-hydroxylation sites is 1. The molecule has 0 bridgehead atoms. The number of nitrogens with zero attached hydrogens (tertiary/aromatic N) is 3. The van der Waals surface area contributed by atoms with Gasteiger partial charge in [-0.3, -0.25) is 9.69 Å². The molecule has 2 aromatic carbocycles. The molecule has 0 amide bonds. The van der Waals surface area contributed by atoms with Crippen molar-refractivity contribution >= 4 is 28.1 Å². The van der Waals surface area contributed by atoms with Gasteiger partial charge in [-0.05, 0) is 55.5 Å². The first kappa shape index (κ1) is 22.7. The molecule has 1 N–H and O–H groups in total. The van der Waals surface area contributed by atoms with Crippen molar-refractivity contribution < 1.29 is 4.79 Å². The number of hydrogen-bond donors (Lipinski definition) is 1. The van der Waals surface area contributed by atoms with Gasteiger partial charge in [0.05, 0.1) is 6.04 Å². The lowest BCUT2D eigenvalue weighted by Gasteiger charge is -2.45. The fourth-order valence-corrected chi connectivity index (χ4v) is 6.76. The molecular formula is C30H38N4O. The summed E-state index contributed by atoms with van der Waals surface area (Å²) in [6.45, 7) is 3.80. The Hall–Kier alpha value is -2.79. The molecule has 1 aromatic heterocycles. The summed E-state index contributed by atoms with van der Waals surface area (Å²) >= 11 is 0. The summed E-state index contributed by atoms with van der Waals surface area (Å²) in [5.74, 6) is 0.740. The Morgan fingerprint density at radius 1 is 0.914 bits per heavy atom. The molecule has 0 spiro atoms. The number of benzene rings is 2. The average Bonchev–Trinajstić information content (AvgIpc) is 3.30. The molecular weight excluding hydrogens is 432 g/mol. The second-order valence-corrected chi connectivity index (χ2v) is 10.8. The number of nitrogens with one attached hydrogen (secondary N) is 1. The standard InChI is InChI=1S/C30H38N4O/c1-32-17-16-24-27(32)12-7-13-28(24)33-18-20-34(21-19-33)29(30(35)23-9-3-2-4-10-23)26-15-14-22-8-5-6-11-25(22)31-26/h5-8,11-13,16-17,23,26,29,31H,2-4,9-10,14-15,18-21H2,1H3. The van der Waals surface area contributed by atoms with Crippen molar-refractivity contribution in [2.75, 3.05) is 36.4 Å². The van der Waals surface area contributed by atoms with E-state index < -0.39 is 0 Å². The van der Waals surface area contributed by atoms with Crippen molar-refractivity contribution in [1.29, 1.82) is 0 Å². The van der Waals surface area contributed by atoms with Gasteiger partial charge in [-0.25, -0.2) is 0 Å². The molecule has 5 heteroatoms. The Labute approximate surface area is 209 Å². The van der Waals surface area contributed by atoms with E-state index in [1.165, 1.54) is 47.1 Å². The van der Waals surface area contributed by atoms with Crippen LogP contribution >= 0.6 is 0 Å². The van der Waals surface area contributed by atoms with Gasteiger partial charge in [-0.2, -0.15) is 0 Å². The zero-order chi connectivity index (χ0) is 23.8. The third-order valence-electron chi connectivity index (χ3n) is 8.72. The highest BCUT2D eigenvalue weighted by Crippen LogP contribution is 2.33. The first-order valence-electron chi connectivity index (χ1n) is 13.6. The van der Waals surface area contributed by atoms with Crippen molar-refractivity contribution in [2.45, 2.75) is 57.0 Å². The number of rotatable bonds is 5. The number of anilines is 2. The minimum atomic E-state index is -0.0267. The van der Waals surface area contributed by atoms with Crippen LogP contribution in [0.2, 0.25) is 0 Å². The van der Waals surface area contributed by atoms with Crippen LogP contribution in [0, 0.1) is 5.92 Å². The van der Waals surface area contributed by atoms with Crippen molar-refractivity contribution in [1.82, 2.24) is 9.47 Å². The topological polar surface area (TPSA) is 40.5 Å². The Kier molecular flexibility index (Phi) is 6.28. The van der Waals surface area contributed by atoms with Crippen LogP contribution in [0.4, 0.5) is 11.4 Å². The van der Waals surface area contributed by atoms with Crippen LogP contribution in [0.25, 0.3) is 10.9 Å². The first-order valence-corrected chi connectivity index (χ1v) is 13.6. The number of Topliss-reactive ketones (excluding diaryl/α,β-unsaturated/α-hetero) is 1. The van der Waals surface area contributed by atoms with Crippen molar-refractivity contribution in [3.05, 3.63) is 60.3 Å². The van der Waals surface area contributed by atoms with E-state index in [9.17, 15) is 4.79 Å². The van der Waals surface area contributed by atoms with Gasteiger partial charge < -0.3 is 14.8 Å². The lowest BCUT2D eigenvalue weighted by atomic mass is 9.80. The number of carbonyl (C=O) groups excluding carboxylic acids is 1. The van der Waals surface area contributed by atoms with Gasteiger partial charge in [0.2, 0.25) is 0 Å². The van der Waals surface area contributed by atoms with E-state index >= 15 is 0 Å². The van der Waals surface area contributed by atoms with E-state index in [0.29, 0.717) is 5.78 Å². The highest BCUT2D eigenvalue weighted by molar-refractivity contribution is 5.93. The average molecular weight is 471 g/mol. The maximum absolute atomic E-state index is 14.0. The van der Waals surface area contributed by atoms with E-state index in [-0.39, 0.29) is 18.0 Å². The van der Waals surface area contributed by atoms with Crippen LogP contribution in [0.5, 0.6) is 0 Å². The number of fused-ring (bicyclic) bond motifs is 2. The number of piperazine rings is 1. The highest BCUT2D eigenvalue weighted by atomic mass is 16.1. The van der Waals surface area contributed by atoms with Gasteiger partial charge in [-0.1, -0.05) is 43.5 Å². The van der Waals surface area contributed by atoms with E-state index in [4.69, 9.17) is 0 Å². The number of aryl methyl sites for hydroxylation is 2. The number of hydrogen-bond acceptors (Lipinski definition) is 4. The smallest absolute Gasteiger partial charge is 0.155 e. The minimum absolute atomic E-state index is 0.0267. The van der Waals surface area contributed by atoms with Crippen LogP contribution in [-0.4, -0.2) is 53.5 Å². The molecule has 2 atom stereocenters. The van der Waals surface area contributed by atoms with Gasteiger partial charge in [-0.15, -0.1) is 0 Å². The zero-order valence-corrected chi connectivity index (χ0v) is 21.0. The van der Waals surface area contributed by atoms with E-state index in [2.05, 4.69) is 81.5 Å². The second-order valence-electron chi connectivity index (χ2n) is 10.8. The van der Waals surface area contributed by atoms with Crippen LogP contribution in [0.1, 0.15) is 44.1 Å². The predicted molar refractivity (Wildman–Crippen MR) is 144 cm³/mol.